The molecular weight excluding hydrogens is 440 g/mol. The van der Waals surface area contributed by atoms with E-state index in [0.717, 1.165) is 40.6 Å². The summed E-state index contributed by atoms with van der Waals surface area (Å²) in [6.45, 7) is 13.6. The summed E-state index contributed by atoms with van der Waals surface area (Å²) in [6.07, 6.45) is 3.78. The van der Waals surface area contributed by atoms with Crippen LogP contribution in [-0.2, 0) is 11.8 Å². The van der Waals surface area contributed by atoms with Crippen molar-refractivity contribution in [3.8, 4) is 23.0 Å². The lowest BCUT2D eigenvalue weighted by atomic mass is 9.57. The highest BCUT2D eigenvalue weighted by atomic mass is 16.5. The van der Waals surface area contributed by atoms with Gasteiger partial charge in [0.15, 0.2) is 11.6 Å². The fraction of sp³-hybridized carbons (Fsp3) is 0.333. The van der Waals surface area contributed by atoms with Gasteiger partial charge < -0.3 is 9.63 Å². The molecule has 0 spiro atoms. The van der Waals surface area contributed by atoms with E-state index in [0.29, 0.717) is 35.4 Å². The lowest BCUT2D eigenvalue weighted by Crippen LogP contribution is -2.45. The highest BCUT2D eigenvalue weighted by Crippen LogP contribution is 2.54. The van der Waals surface area contributed by atoms with E-state index in [1.807, 2.05) is 37.3 Å². The number of para-hydroxylation sites is 1. The lowest BCUT2D eigenvalue weighted by molar-refractivity contribution is 0.135. The van der Waals surface area contributed by atoms with E-state index in [1.165, 1.54) is 0 Å². The standard InChI is InChI=1S/C27H24N6O2/c1-14-19-10-9-18-22(26-30-15(2)33-35-26)31-25(17-11-12-29-20-8-6-5-7-16(17)20)32-24(18)27(19,3)13-21(28-4)23(14)34/h5-8,11-12,14,19,34H,9-10,13H2,1-3H3/t14-,19-,27-/m1/s1. The number of aliphatic hydroxyl groups excluding tert-OH is 1. The molecule has 0 saturated heterocycles. The molecular formula is C27H24N6O2. The first-order valence-corrected chi connectivity index (χ1v) is 11.8. The average molecular weight is 465 g/mol. The zero-order chi connectivity index (χ0) is 24.3. The number of aryl methyl sites for hydroxylation is 1. The van der Waals surface area contributed by atoms with Gasteiger partial charge in [-0.15, -0.1) is 0 Å². The Morgan fingerprint density at radius 3 is 2.77 bits per heavy atom. The van der Waals surface area contributed by atoms with Crippen molar-refractivity contribution in [2.75, 3.05) is 0 Å². The van der Waals surface area contributed by atoms with Gasteiger partial charge in [-0.25, -0.2) is 14.8 Å². The molecule has 0 saturated carbocycles. The number of pyridine rings is 1. The Hall–Kier alpha value is -4.12. The van der Waals surface area contributed by atoms with Gasteiger partial charge in [0.1, 0.15) is 5.69 Å². The van der Waals surface area contributed by atoms with Gasteiger partial charge >= 0.3 is 0 Å². The normalized spacial score (nSPS) is 23.6. The highest BCUT2D eigenvalue weighted by molar-refractivity contribution is 5.92. The maximum absolute atomic E-state index is 10.7. The minimum absolute atomic E-state index is 0.125. The first kappa shape index (κ1) is 21.4. The second-order valence-corrected chi connectivity index (χ2v) is 9.72. The Balaban J connectivity index is 1.65. The topological polar surface area (TPSA) is 102 Å². The van der Waals surface area contributed by atoms with Gasteiger partial charge in [0.25, 0.3) is 5.89 Å². The summed E-state index contributed by atoms with van der Waals surface area (Å²) in [5.41, 5.74) is 4.21. The van der Waals surface area contributed by atoms with Crippen molar-refractivity contribution in [3.05, 3.63) is 76.5 Å². The number of allylic oxidation sites excluding steroid dienone is 2. The Kier molecular flexibility index (Phi) is 4.71. The van der Waals surface area contributed by atoms with Crippen LogP contribution in [0.2, 0.25) is 0 Å². The van der Waals surface area contributed by atoms with Crippen LogP contribution in [-0.4, -0.2) is 30.2 Å². The monoisotopic (exact) mass is 464 g/mol. The van der Waals surface area contributed by atoms with Crippen molar-refractivity contribution >= 4 is 10.9 Å². The van der Waals surface area contributed by atoms with Crippen molar-refractivity contribution in [3.63, 3.8) is 0 Å². The fourth-order valence-corrected chi connectivity index (χ4v) is 5.97. The van der Waals surface area contributed by atoms with E-state index in [4.69, 9.17) is 21.1 Å². The van der Waals surface area contributed by atoms with Crippen LogP contribution >= 0.6 is 0 Å². The summed E-state index contributed by atoms with van der Waals surface area (Å²) in [7, 11) is 0. The molecule has 6 rings (SSSR count). The summed E-state index contributed by atoms with van der Waals surface area (Å²) in [5, 5.41) is 15.7. The van der Waals surface area contributed by atoms with Crippen molar-refractivity contribution in [1.29, 1.82) is 0 Å². The molecule has 174 valence electrons. The Morgan fingerprint density at radius 2 is 2.00 bits per heavy atom. The molecule has 8 heteroatoms. The van der Waals surface area contributed by atoms with Crippen LogP contribution in [0.4, 0.5) is 0 Å². The third-order valence-corrected chi connectivity index (χ3v) is 7.69. The first-order valence-electron chi connectivity index (χ1n) is 11.8. The number of fused-ring (bicyclic) bond motifs is 4. The van der Waals surface area contributed by atoms with E-state index in [-0.39, 0.29) is 17.6 Å². The quantitative estimate of drug-likeness (QED) is 0.385. The fourth-order valence-electron chi connectivity index (χ4n) is 5.97. The molecule has 0 radical (unpaired) electrons. The zero-order valence-corrected chi connectivity index (χ0v) is 19.8. The molecule has 3 heterocycles. The van der Waals surface area contributed by atoms with Crippen molar-refractivity contribution in [1.82, 2.24) is 25.1 Å². The van der Waals surface area contributed by atoms with Gasteiger partial charge in [-0.05, 0) is 44.2 Å². The molecule has 4 aromatic rings. The predicted molar refractivity (Wildman–Crippen MR) is 130 cm³/mol. The van der Waals surface area contributed by atoms with Crippen LogP contribution < -0.4 is 0 Å². The van der Waals surface area contributed by atoms with Crippen LogP contribution in [0, 0.1) is 25.3 Å². The summed E-state index contributed by atoms with van der Waals surface area (Å²) in [5.74, 6) is 1.71. The minimum atomic E-state index is -0.441. The molecule has 1 aromatic carbocycles. The number of aliphatic hydroxyl groups is 1. The van der Waals surface area contributed by atoms with E-state index >= 15 is 0 Å². The SMILES string of the molecule is [C-]#[N+]C1=C(O)[C@H](C)[C@H]2CCc3c(-c4nc(C)no4)nc(-c4ccnc5ccccc45)nc3[C@]2(C)C1. The van der Waals surface area contributed by atoms with Crippen LogP contribution in [0.15, 0.2) is 52.5 Å². The number of rotatable bonds is 2. The molecule has 3 atom stereocenters. The average Bonchev–Trinajstić information content (AvgIpc) is 3.31. The Morgan fingerprint density at radius 1 is 1.17 bits per heavy atom. The summed E-state index contributed by atoms with van der Waals surface area (Å²) < 4.78 is 5.58. The molecule has 2 aliphatic rings. The predicted octanol–water partition coefficient (Wildman–Crippen LogP) is 5.60. The zero-order valence-electron chi connectivity index (χ0n) is 19.8. The highest BCUT2D eigenvalue weighted by Gasteiger charge is 2.50. The smallest absolute Gasteiger partial charge is 0.276 e. The number of hydrogen-bond donors (Lipinski definition) is 1. The molecule has 0 amide bonds. The maximum Gasteiger partial charge on any atom is 0.276 e. The van der Waals surface area contributed by atoms with Gasteiger partial charge in [-0.1, -0.05) is 37.2 Å². The second-order valence-electron chi connectivity index (χ2n) is 9.72. The molecule has 35 heavy (non-hydrogen) atoms. The number of hydrogen-bond acceptors (Lipinski definition) is 7. The maximum atomic E-state index is 10.7. The Labute approximate surface area is 202 Å². The first-order chi connectivity index (χ1) is 16.9. The van der Waals surface area contributed by atoms with Crippen LogP contribution in [0.25, 0.3) is 38.7 Å². The van der Waals surface area contributed by atoms with Crippen LogP contribution in [0.5, 0.6) is 0 Å². The van der Waals surface area contributed by atoms with E-state index in [9.17, 15) is 5.11 Å². The van der Waals surface area contributed by atoms with Crippen LogP contribution in [0.3, 0.4) is 0 Å². The third-order valence-electron chi connectivity index (χ3n) is 7.69. The second kappa shape index (κ2) is 7.70. The lowest BCUT2D eigenvalue weighted by Gasteiger charge is -2.48. The molecule has 8 nitrogen and oxygen atoms in total. The van der Waals surface area contributed by atoms with Crippen molar-refractivity contribution in [2.24, 2.45) is 11.8 Å². The molecule has 3 aromatic heterocycles. The van der Waals surface area contributed by atoms with Crippen molar-refractivity contribution < 1.29 is 9.63 Å². The molecule has 0 aliphatic heterocycles. The van der Waals surface area contributed by atoms with Crippen molar-refractivity contribution in [2.45, 2.75) is 45.4 Å². The molecule has 0 bridgehead atoms. The summed E-state index contributed by atoms with van der Waals surface area (Å²) in [6, 6.07) is 9.84. The molecule has 1 N–H and O–H groups in total. The summed E-state index contributed by atoms with van der Waals surface area (Å²) >= 11 is 0. The molecule has 0 unspecified atom stereocenters. The van der Waals surface area contributed by atoms with E-state index < -0.39 is 5.41 Å². The van der Waals surface area contributed by atoms with Crippen LogP contribution in [0.1, 0.15) is 43.8 Å². The van der Waals surface area contributed by atoms with Gasteiger partial charge in [-0.3, -0.25) is 4.98 Å². The number of aromatic nitrogens is 5. The van der Waals surface area contributed by atoms with E-state index in [1.54, 1.807) is 13.1 Å². The van der Waals surface area contributed by atoms with Gasteiger partial charge in [0, 0.05) is 34.0 Å². The summed E-state index contributed by atoms with van der Waals surface area (Å²) in [4.78, 5) is 22.8. The largest absolute Gasteiger partial charge is 0.523 e. The molecule has 2 aliphatic carbocycles. The van der Waals surface area contributed by atoms with Gasteiger partial charge in [0.05, 0.1) is 23.5 Å². The number of benzene rings is 1. The third kappa shape index (κ3) is 3.15. The van der Waals surface area contributed by atoms with Gasteiger partial charge in [0.2, 0.25) is 5.70 Å². The molecule has 0 fully saturated rings. The number of nitrogens with zero attached hydrogens (tertiary/aromatic N) is 6. The van der Waals surface area contributed by atoms with Gasteiger partial charge in [-0.2, -0.15) is 4.98 Å². The van der Waals surface area contributed by atoms with E-state index in [2.05, 4.69) is 26.9 Å². The minimum Gasteiger partial charge on any atom is -0.523 e. The Bertz CT molecular complexity index is 1560.